The van der Waals surface area contributed by atoms with Crippen molar-refractivity contribution in [3.63, 3.8) is 0 Å². The number of aryl methyl sites for hydroxylation is 1. The Labute approximate surface area is 122 Å². The van der Waals surface area contributed by atoms with Crippen LogP contribution in [0, 0.1) is 12.8 Å². The molecule has 5 nitrogen and oxygen atoms in total. The van der Waals surface area contributed by atoms with E-state index in [1.165, 1.54) is 0 Å². The van der Waals surface area contributed by atoms with E-state index in [4.69, 9.17) is 0 Å². The molecule has 2 saturated heterocycles. The molecule has 21 heavy (non-hydrogen) atoms. The van der Waals surface area contributed by atoms with E-state index < -0.39 is 5.54 Å². The molecule has 2 bridgehead atoms. The number of amides is 2. The number of benzene rings is 1. The van der Waals surface area contributed by atoms with Crippen LogP contribution in [-0.2, 0) is 15.1 Å². The summed E-state index contributed by atoms with van der Waals surface area (Å²) in [6, 6.07) is 9.99. The van der Waals surface area contributed by atoms with Crippen molar-refractivity contribution in [1.29, 1.82) is 0 Å². The number of nitrogens with one attached hydrogen (secondary N) is 1. The summed E-state index contributed by atoms with van der Waals surface area (Å²) in [5.41, 5.74) is 2.33. The fraction of sp³-hybridized carbons (Fsp3) is 0.312. The highest BCUT2D eigenvalue weighted by molar-refractivity contribution is 6.06. The van der Waals surface area contributed by atoms with Crippen LogP contribution in [0.3, 0.4) is 0 Å². The lowest BCUT2D eigenvalue weighted by Gasteiger charge is -2.49. The molecule has 106 valence electrons. The molecular formula is C16H15N3O2. The summed E-state index contributed by atoms with van der Waals surface area (Å²) in [5, 5.41) is 6.99. The highest BCUT2D eigenvalue weighted by Crippen LogP contribution is 2.47. The second-order valence-electron chi connectivity index (χ2n) is 5.89. The molecule has 1 aliphatic carbocycles. The molecule has 2 aromatic rings. The molecule has 0 spiro atoms. The van der Waals surface area contributed by atoms with Gasteiger partial charge in [0.15, 0.2) is 0 Å². The van der Waals surface area contributed by atoms with Crippen molar-refractivity contribution in [2.24, 2.45) is 5.92 Å². The summed E-state index contributed by atoms with van der Waals surface area (Å²) >= 11 is 0. The summed E-state index contributed by atoms with van der Waals surface area (Å²) in [5.74, 6) is -0.418. The average Bonchev–Trinajstić information content (AvgIpc) is 2.80. The topological polar surface area (TPSA) is 64.0 Å². The fourth-order valence-corrected chi connectivity index (χ4v) is 3.33. The molecule has 1 aromatic heterocycles. The van der Waals surface area contributed by atoms with Crippen molar-refractivity contribution in [2.75, 3.05) is 0 Å². The van der Waals surface area contributed by atoms with E-state index in [-0.39, 0.29) is 17.7 Å². The van der Waals surface area contributed by atoms with Gasteiger partial charge in [0.2, 0.25) is 5.91 Å². The van der Waals surface area contributed by atoms with Gasteiger partial charge in [0.05, 0.1) is 5.69 Å². The Hall–Kier alpha value is -2.43. The van der Waals surface area contributed by atoms with Crippen molar-refractivity contribution >= 4 is 11.8 Å². The molecular weight excluding hydrogens is 266 g/mol. The average molecular weight is 281 g/mol. The second kappa shape index (κ2) is 4.04. The van der Waals surface area contributed by atoms with Crippen molar-refractivity contribution < 1.29 is 9.59 Å². The lowest BCUT2D eigenvalue weighted by Crippen LogP contribution is -2.67. The molecule has 1 saturated carbocycles. The van der Waals surface area contributed by atoms with Gasteiger partial charge in [-0.25, -0.2) is 0 Å². The maximum atomic E-state index is 12.2. The number of imide groups is 1. The third-order valence-corrected chi connectivity index (χ3v) is 4.62. The second-order valence-corrected chi connectivity index (χ2v) is 5.89. The molecule has 2 amide bonds. The standard InChI is InChI=1S/C16H15N3O2/c1-10-13(11-5-3-2-4-6-11)9-19(18-10)16-7-12(8-16)14(20)17-15(16)21/h2-6,9,12H,7-8H2,1H3,(H,17,20,21). The maximum Gasteiger partial charge on any atom is 0.254 e. The minimum absolute atomic E-state index is 0.0487. The number of piperidine rings is 2. The predicted octanol–water partition coefficient (Wildman–Crippen LogP) is 1.62. The van der Waals surface area contributed by atoms with Gasteiger partial charge < -0.3 is 0 Å². The van der Waals surface area contributed by atoms with Gasteiger partial charge in [0.1, 0.15) is 5.54 Å². The molecule has 3 fully saturated rings. The lowest BCUT2D eigenvalue weighted by molar-refractivity contribution is -0.157. The van der Waals surface area contributed by atoms with Crippen molar-refractivity contribution in [2.45, 2.75) is 25.3 Å². The predicted molar refractivity (Wildman–Crippen MR) is 76.2 cm³/mol. The van der Waals surface area contributed by atoms with Crippen molar-refractivity contribution in [1.82, 2.24) is 15.1 Å². The molecule has 3 heterocycles. The normalized spacial score (nSPS) is 27.2. The first kappa shape index (κ1) is 12.3. The largest absolute Gasteiger partial charge is 0.294 e. The maximum absolute atomic E-state index is 12.2. The van der Waals surface area contributed by atoms with Gasteiger partial charge in [-0.1, -0.05) is 30.3 Å². The van der Waals surface area contributed by atoms with Gasteiger partial charge in [-0.3, -0.25) is 19.6 Å². The molecule has 0 unspecified atom stereocenters. The first-order chi connectivity index (χ1) is 10.1. The van der Waals surface area contributed by atoms with Crippen LogP contribution in [0.4, 0.5) is 0 Å². The summed E-state index contributed by atoms with van der Waals surface area (Å²) in [6.07, 6.45) is 3.05. The van der Waals surface area contributed by atoms with E-state index in [9.17, 15) is 9.59 Å². The zero-order valence-corrected chi connectivity index (χ0v) is 11.7. The molecule has 2 aliphatic heterocycles. The Bertz CT molecular complexity index is 742. The van der Waals surface area contributed by atoms with Crippen LogP contribution in [0.5, 0.6) is 0 Å². The summed E-state index contributed by atoms with van der Waals surface area (Å²) < 4.78 is 1.75. The Kier molecular flexibility index (Phi) is 2.37. The first-order valence-corrected chi connectivity index (χ1v) is 7.08. The molecule has 3 aliphatic rings. The van der Waals surface area contributed by atoms with Crippen molar-refractivity contribution in [3.8, 4) is 11.1 Å². The molecule has 1 aromatic carbocycles. The number of fused-ring (bicyclic) bond motifs is 2. The van der Waals surface area contributed by atoms with Gasteiger partial charge in [0, 0.05) is 17.7 Å². The molecule has 5 rings (SSSR count). The van der Waals surface area contributed by atoms with Gasteiger partial charge in [0.25, 0.3) is 5.91 Å². The lowest BCUT2D eigenvalue weighted by atomic mass is 9.64. The van der Waals surface area contributed by atoms with Gasteiger partial charge in [-0.05, 0) is 25.3 Å². The quantitative estimate of drug-likeness (QED) is 0.851. The van der Waals surface area contributed by atoms with Crippen LogP contribution in [0.1, 0.15) is 18.5 Å². The van der Waals surface area contributed by atoms with Crippen LogP contribution >= 0.6 is 0 Å². The van der Waals surface area contributed by atoms with Gasteiger partial charge in [-0.15, -0.1) is 0 Å². The SMILES string of the molecule is Cc1nn(C23CC(C2)C(=O)NC3=O)cc1-c1ccccc1. The van der Waals surface area contributed by atoms with E-state index in [2.05, 4.69) is 10.4 Å². The highest BCUT2D eigenvalue weighted by Gasteiger charge is 2.59. The van der Waals surface area contributed by atoms with Crippen LogP contribution in [0.2, 0.25) is 0 Å². The van der Waals surface area contributed by atoms with E-state index in [1.54, 1.807) is 4.68 Å². The van der Waals surface area contributed by atoms with Crippen molar-refractivity contribution in [3.05, 3.63) is 42.2 Å². The zero-order chi connectivity index (χ0) is 14.6. The number of rotatable bonds is 2. The Morgan fingerprint density at radius 1 is 1.24 bits per heavy atom. The smallest absolute Gasteiger partial charge is 0.254 e. The number of aromatic nitrogens is 2. The fourth-order valence-electron chi connectivity index (χ4n) is 3.33. The van der Waals surface area contributed by atoms with Crippen LogP contribution in [-0.4, -0.2) is 21.6 Å². The van der Waals surface area contributed by atoms with E-state index in [0.29, 0.717) is 12.8 Å². The minimum atomic E-state index is -0.670. The Morgan fingerprint density at radius 3 is 2.62 bits per heavy atom. The first-order valence-electron chi connectivity index (χ1n) is 7.08. The summed E-state index contributed by atoms with van der Waals surface area (Å²) in [6.45, 7) is 1.94. The summed E-state index contributed by atoms with van der Waals surface area (Å²) in [7, 11) is 0. The van der Waals surface area contributed by atoms with E-state index in [1.807, 2.05) is 43.5 Å². The number of hydrogen-bond acceptors (Lipinski definition) is 3. The molecule has 0 atom stereocenters. The van der Waals surface area contributed by atoms with Crippen LogP contribution in [0.15, 0.2) is 36.5 Å². The number of hydrogen-bond donors (Lipinski definition) is 1. The van der Waals surface area contributed by atoms with E-state index in [0.717, 1.165) is 16.8 Å². The third kappa shape index (κ3) is 1.60. The van der Waals surface area contributed by atoms with Crippen LogP contribution < -0.4 is 5.32 Å². The molecule has 0 radical (unpaired) electrons. The Balaban J connectivity index is 1.75. The van der Waals surface area contributed by atoms with E-state index >= 15 is 0 Å². The van der Waals surface area contributed by atoms with Gasteiger partial charge in [-0.2, -0.15) is 5.10 Å². The zero-order valence-electron chi connectivity index (χ0n) is 11.7. The Morgan fingerprint density at radius 2 is 1.95 bits per heavy atom. The summed E-state index contributed by atoms with van der Waals surface area (Å²) in [4.78, 5) is 23.8. The highest BCUT2D eigenvalue weighted by atomic mass is 16.2. The molecule has 1 N–H and O–H groups in total. The number of carbonyl (C=O) groups excluding carboxylic acids is 2. The van der Waals surface area contributed by atoms with Crippen LogP contribution in [0.25, 0.3) is 11.1 Å². The monoisotopic (exact) mass is 281 g/mol. The number of nitrogens with zero attached hydrogens (tertiary/aromatic N) is 2. The number of carbonyl (C=O) groups is 2. The third-order valence-electron chi connectivity index (χ3n) is 4.62. The van der Waals surface area contributed by atoms with Gasteiger partial charge >= 0.3 is 0 Å². The minimum Gasteiger partial charge on any atom is -0.294 e. The molecule has 5 heteroatoms.